The Morgan fingerprint density at radius 2 is 2.20 bits per heavy atom. The van der Waals surface area contributed by atoms with Crippen molar-refractivity contribution in [1.82, 2.24) is 14.3 Å². The van der Waals surface area contributed by atoms with Crippen LogP contribution in [0.1, 0.15) is 13.8 Å². The van der Waals surface area contributed by atoms with Crippen LogP contribution < -0.4 is 10.5 Å². The number of piperazine rings is 1. The van der Waals surface area contributed by atoms with Gasteiger partial charge in [0.05, 0.1) is 0 Å². The normalized spacial score (nSPS) is 20.5. The third-order valence-electron chi connectivity index (χ3n) is 4.05. The molecule has 3 rings (SSSR count). The van der Waals surface area contributed by atoms with Gasteiger partial charge < -0.3 is 4.90 Å². The van der Waals surface area contributed by atoms with Gasteiger partial charge in [0.1, 0.15) is 11.5 Å². The van der Waals surface area contributed by atoms with E-state index in [-0.39, 0.29) is 5.56 Å². The van der Waals surface area contributed by atoms with E-state index in [2.05, 4.69) is 28.6 Å². The zero-order valence-electron chi connectivity index (χ0n) is 12.0. The lowest BCUT2D eigenvalue weighted by atomic mass is 10.2. The lowest BCUT2D eigenvalue weighted by molar-refractivity contribution is 0.199. The van der Waals surface area contributed by atoms with Crippen molar-refractivity contribution >= 4 is 11.5 Å². The quantitative estimate of drug-likeness (QED) is 0.824. The maximum Gasteiger partial charge on any atom is 0.259 e. The van der Waals surface area contributed by atoms with Gasteiger partial charge in [-0.25, -0.2) is 4.98 Å². The molecule has 0 aliphatic carbocycles. The number of likely N-dealkylation sites (N-methyl/N-ethyl adjacent to an activating group) is 1. The standard InChI is InChI=1S/C15H20N4O/c1-3-17-8-9-18(11-12(17)2)14-10-15(20)19-7-5-4-6-13(19)16-14/h4-7,10,12H,3,8-9,11H2,1-2H3/t12-/m0/s1. The topological polar surface area (TPSA) is 40.9 Å². The third kappa shape index (κ3) is 2.29. The van der Waals surface area contributed by atoms with Gasteiger partial charge in [-0.2, -0.15) is 0 Å². The van der Waals surface area contributed by atoms with Crippen molar-refractivity contribution in [2.75, 3.05) is 31.1 Å². The molecule has 0 aromatic carbocycles. The molecule has 0 radical (unpaired) electrons. The summed E-state index contributed by atoms with van der Waals surface area (Å²) in [5.74, 6) is 0.795. The second-order valence-electron chi connectivity index (χ2n) is 5.31. The van der Waals surface area contributed by atoms with Crippen LogP contribution in [0, 0.1) is 0 Å². The Morgan fingerprint density at radius 3 is 2.95 bits per heavy atom. The molecule has 0 saturated carbocycles. The van der Waals surface area contributed by atoms with E-state index < -0.39 is 0 Å². The highest BCUT2D eigenvalue weighted by Crippen LogP contribution is 2.16. The van der Waals surface area contributed by atoms with Crippen molar-refractivity contribution in [2.45, 2.75) is 19.9 Å². The van der Waals surface area contributed by atoms with E-state index in [1.54, 1.807) is 16.7 Å². The molecular formula is C15H20N4O. The summed E-state index contributed by atoms with van der Waals surface area (Å²) in [7, 11) is 0. The molecule has 2 aromatic heterocycles. The van der Waals surface area contributed by atoms with E-state index in [0.717, 1.165) is 32.0 Å². The Bertz CT molecular complexity index is 666. The minimum absolute atomic E-state index is 0.0174. The van der Waals surface area contributed by atoms with Gasteiger partial charge in [-0.3, -0.25) is 14.1 Å². The number of rotatable bonds is 2. The van der Waals surface area contributed by atoms with Gasteiger partial charge in [0.15, 0.2) is 0 Å². The molecule has 0 N–H and O–H groups in total. The van der Waals surface area contributed by atoms with Crippen LogP contribution in [0.2, 0.25) is 0 Å². The predicted molar refractivity (Wildman–Crippen MR) is 80.4 cm³/mol. The highest BCUT2D eigenvalue weighted by molar-refractivity contribution is 5.48. The van der Waals surface area contributed by atoms with Crippen LogP contribution in [-0.2, 0) is 0 Å². The summed E-state index contributed by atoms with van der Waals surface area (Å²) in [4.78, 5) is 21.4. The van der Waals surface area contributed by atoms with E-state index in [1.807, 2.05) is 18.2 Å². The van der Waals surface area contributed by atoms with Crippen LogP contribution in [0.25, 0.3) is 5.65 Å². The molecule has 106 valence electrons. The lowest BCUT2D eigenvalue weighted by Crippen LogP contribution is -2.52. The molecule has 2 aromatic rings. The second-order valence-corrected chi connectivity index (χ2v) is 5.31. The smallest absolute Gasteiger partial charge is 0.259 e. The summed E-state index contributed by atoms with van der Waals surface area (Å²) in [6.07, 6.45) is 1.76. The molecule has 3 heterocycles. The van der Waals surface area contributed by atoms with Gasteiger partial charge in [-0.1, -0.05) is 13.0 Å². The zero-order chi connectivity index (χ0) is 14.1. The Hall–Kier alpha value is -1.88. The number of nitrogens with zero attached hydrogens (tertiary/aromatic N) is 4. The Morgan fingerprint density at radius 1 is 1.35 bits per heavy atom. The van der Waals surface area contributed by atoms with E-state index >= 15 is 0 Å². The van der Waals surface area contributed by atoms with Crippen LogP contribution >= 0.6 is 0 Å². The summed E-state index contributed by atoms with van der Waals surface area (Å²) in [5.41, 5.74) is 0.691. The van der Waals surface area contributed by atoms with E-state index in [0.29, 0.717) is 11.7 Å². The van der Waals surface area contributed by atoms with Gasteiger partial charge in [0.25, 0.3) is 5.56 Å². The number of pyridine rings is 1. The zero-order valence-corrected chi connectivity index (χ0v) is 12.0. The fourth-order valence-corrected chi connectivity index (χ4v) is 2.88. The summed E-state index contributed by atoms with van der Waals surface area (Å²) < 4.78 is 1.58. The number of aromatic nitrogens is 2. The molecule has 1 aliphatic rings. The molecule has 0 bridgehead atoms. The summed E-state index contributed by atoms with van der Waals surface area (Å²) in [6, 6.07) is 7.75. The Kier molecular flexibility index (Phi) is 3.44. The Labute approximate surface area is 118 Å². The van der Waals surface area contributed by atoms with Crippen molar-refractivity contribution < 1.29 is 0 Å². The first kappa shape index (κ1) is 13.1. The molecule has 0 spiro atoms. The number of anilines is 1. The number of hydrogen-bond donors (Lipinski definition) is 0. The van der Waals surface area contributed by atoms with E-state index in [9.17, 15) is 4.79 Å². The predicted octanol–water partition coefficient (Wildman–Crippen LogP) is 1.22. The molecule has 1 atom stereocenters. The van der Waals surface area contributed by atoms with Crippen molar-refractivity contribution in [1.29, 1.82) is 0 Å². The first-order valence-electron chi connectivity index (χ1n) is 7.16. The maximum atomic E-state index is 12.1. The average molecular weight is 272 g/mol. The summed E-state index contributed by atoms with van der Waals surface area (Å²) in [5, 5.41) is 0. The average Bonchev–Trinajstić information content (AvgIpc) is 2.47. The van der Waals surface area contributed by atoms with Gasteiger partial charge in [0.2, 0.25) is 0 Å². The number of fused-ring (bicyclic) bond motifs is 1. The molecular weight excluding hydrogens is 252 g/mol. The van der Waals surface area contributed by atoms with Crippen LogP contribution in [0.3, 0.4) is 0 Å². The molecule has 0 unspecified atom stereocenters. The molecule has 20 heavy (non-hydrogen) atoms. The van der Waals surface area contributed by atoms with Crippen LogP contribution in [-0.4, -0.2) is 46.5 Å². The molecule has 1 saturated heterocycles. The summed E-state index contributed by atoms with van der Waals surface area (Å²) in [6.45, 7) is 8.35. The minimum Gasteiger partial charge on any atom is -0.354 e. The Balaban J connectivity index is 1.93. The first-order valence-corrected chi connectivity index (χ1v) is 7.16. The van der Waals surface area contributed by atoms with Crippen molar-refractivity contribution in [3.63, 3.8) is 0 Å². The van der Waals surface area contributed by atoms with Gasteiger partial charge >= 0.3 is 0 Å². The molecule has 1 fully saturated rings. The maximum absolute atomic E-state index is 12.1. The lowest BCUT2D eigenvalue weighted by Gasteiger charge is -2.39. The van der Waals surface area contributed by atoms with Crippen LogP contribution in [0.4, 0.5) is 5.82 Å². The van der Waals surface area contributed by atoms with Crippen molar-refractivity contribution in [3.8, 4) is 0 Å². The van der Waals surface area contributed by atoms with Gasteiger partial charge in [-0.15, -0.1) is 0 Å². The van der Waals surface area contributed by atoms with Crippen LogP contribution in [0.5, 0.6) is 0 Å². The number of hydrogen-bond acceptors (Lipinski definition) is 4. The third-order valence-corrected chi connectivity index (χ3v) is 4.05. The monoisotopic (exact) mass is 272 g/mol. The summed E-state index contributed by atoms with van der Waals surface area (Å²) >= 11 is 0. The SMILES string of the molecule is CCN1CCN(c2cc(=O)n3ccccc3n2)C[C@@H]1C. The van der Waals surface area contributed by atoms with Crippen molar-refractivity contribution in [3.05, 3.63) is 40.8 Å². The molecule has 5 heteroatoms. The largest absolute Gasteiger partial charge is 0.354 e. The fourth-order valence-electron chi connectivity index (χ4n) is 2.88. The molecule has 0 amide bonds. The van der Waals surface area contributed by atoms with E-state index in [4.69, 9.17) is 0 Å². The van der Waals surface area contributed by atoms with Crippen molar-refractivity contribution in [2.24, 2.45) is 0 Å². The second kappa shape index (κ2) is 5.25. The van der Waals surface area contributed by atoms with Gasteiger partial charge in [-0.05, 0) is 25.6 Å². The van der Waals surface area contributed by atoms with Gasteiger partial charge in [0, 0.05) is 37.9 Å². The molecule has 1 aliphatic heterocycles. The highest BCUT2D eigenvalue weighted by Gasteiger charge is 2.23. The molecule has 5 nitrogen and oxygen atoms in total. The van der Waals surface area contributed by atoms with E-state index in [1.165, 1.54) is 0 Å². The van der Waals surface area contributed by atoms with Crippen LogP contribution in [0.15, 0.2) is 35.3 Å². The minimum atomic E-state index is -0.0174. The fraction of sp³-hybridized carbons (Fsp3) is 0.467. The highest BCUT2D eigenvalue weighted by atomic mass is 16.1. The first-order chi connectivity index (χ1) is 9.69.